The second-order valence-electron chi connectivity index (χ2n) is 5.74. The van der Waals surface area contributed by atoms with Crippen LogP contribution in [0.3, 0.4) is 0 Å². The van der Waals surface area contributed by atoms with E-state index in [0.29, 0.717) is 11.5 Å². The number of nitriles is 1. The lowest BCUT2D eigenvalue weighted by Gasteiger charge is -2.25. The van der Waals surface area contributed by atoms with Gasteiger partial charge in [-0.2, -0.15) is 17.0 Å². The molecule has 1 fully saturated rings. The zero-order chi connectivity index (χ0) is 19.6. The van der Waals surface area contributed by atoms with Gasteiger partial charge in [0.15, 0.2) is 0 Å². The Kier molecular flexibility index (Phi) is 8.04. The zero-order valence-electron chi connectivity index (χ0n) is 15.2. The molecule has 2 aliphatic heterocycles. The third-order valence-corrected chi connectivity index (χ3v) is 4.87. The van der Waals surface area contributed by atoms with Crippen LogP contribution in [0, 0.1) is 11.3 Å². The van der Waals surface area contributed by atoms with Gasteiger partial charge in [0.05, 0.1) is 17.8 Å². The van der Waals surface area contributed by atoms with Gasteiger partial charge in [-0.05, 0) is 19.1 Å². The highest BCUT2D eigenvalue weighted by Crippen LogP contribution is 2.37. The third-order valence-electron chi connectivity index (χ3n) is 3.89. The van der Waals surface area contributed by atoms with E-state index in [1.165, 1.54) is 36.9 Å². The quantitative estimate of drug-likeness (QED) is 0.533. The first-order valence-electron chi connectivity index (χ1n) is 8.51. The smallest absolute Gasteiger partial charge is 0.337 e. The number of hydrogen-bond donors (Lipinski definition) is 3. The number of nitrogens with zero attached hydrogens (tertiary/aromatic N) is 1. The Bertz CT molecular complexity index is 747. The van der Waals surface area contributed by atoms with Crippen LogP contribution in [-0.4, -0.2) is 42.3 Å². The van der Waals surface area contributed by atoms with E-state index >= 15 is 0 Å². The van der Waals surface area contributed by atoms with Gasteiger partial charge >= 0.3 is 5.97 Å². The second kappa shape index (κ2) is 10.5. The number of esters is 1. The summed E-state index contributed by atoms with van der Waals surface area (Å²) in [5.74, 6) is 1.30. The van der Waals surface area contributed by atoms with Crippen LogP contribution >= 0.6 is 11.8 Å². The number of dihydropyridines is 1. The summed E-state index contributed by atoms with van der Waals surface area (Å²) in [6.07, 6.45) is 2.88. The Morgan fingerprint density at radius 1 is 1.56 bits per heavy atom. The van der Waals surface area contributed by atoms with Gasteiger partial charge in [-0.3, -0.25) is 0 Å². The van der Waals surface area contributed by atoms with Crippen LogP contribution in [0.15, 0.2) is 58.2 Å². The molecule has 1 aromatic heterocycles. The monoisotopic (exact) mass is 389 g/mol. The molecular weight excluding hydrogens is 366 g/mol. The Morgan fingerprint density at radius 2 is 2.30 bits per heavy atom. The fourth-order valence-electron chi connectivity index (χ4n) is 2.67. The van der Waals surface area contributed by atoms with Crippen molar-refractivity contribution in [1.82, 2.24) is 10.6 Å². The van der Waals surface area contributed by atoms with Crippen LogP contribution in [0.4, 0.5) is 0 Å². The van der Waals surface area contributed by atoms with Gasteiger partial charge in [-0.25, -0.2) is 4.79 Å². The lowest BCUT2D eigenvalue weighted by molar-refractivity contribution is -0.138. The van der Waals surface area contributed by atoms with Gasteiger partial charge < -0.3 is 24.9 Å². The van der Waals surface area contributed by atoms with E-state index in [9.17, 15) is 15.2 Å². The standard InChI is InChI=1S/C15H14N2O4.C4H9NS/c1-3-6-21-15(19)12-9(2)17-14(18)10(8-16)13(12)11-5-4-7-20-11;1-3-6-4-2-5-1/h3-5,7,13,17-18H,1,6H2,2H3;5H,1-4H2. The van der Waals surface area contributed by atoms with Crippen molar-refractivity contribution in [3.05, 3.63) is 59.5 Å². The molecule has 3 N–H and O–H groups in total. The van der Waals surface area contributed by atoms with Crippen LogP contribution in [0.1, 0.15) is 18.6 Å². The van der Waals surface area contributed by atoms with Crippen LogP contribution in [0.25, 0.3) is 0 Å². The molecule has 1 unspecified atom stereocenters. The second-order valence-corrected chi connectivity index (χ2v) is 6.96. The number of rotatable bonds is 4. The van der Waals surface area contributed by atoms with E-state index < -0.39 is 11.9 Å². The predicted molar refractivity (Wildman–Crippen MR) is 104 cm³/mol. The van der Waals surface area contributed by atoms with Crippen molar-refractivity contribution in [1.29, 1.82) is 5.26 Å². The number of aliphatic hydroxyl groups is 1. The molecule has 27 heavy (non-hydrogen) atoms. The molecule has 7 nitrogen and oxygen atoms in total. The molecule has 0 spiro atoms. The topological polar surface area (TPSA) is 108 Å². The largest absolute Gasteiger partial charge is 0.494 e. The molecule has 144 valence electrons. The van der Waals surface area contributed by atoms with E-state index in [1.807, 2.05) is 17.8 Å². The summed E-state index contributed by atoms with van der Waals surface area (Å²) in [6, 6.07) is 5.18. The normalized spacial score (nSPS) is 19.3. The molecule has 2 aliphatic rings. The maximum atomic E-state index is 12.2. The molecule has 3 rings (SSSR count). The number of hydrogen-bond acceptors (Lipinski definition) is 8. The summed E-state index contributed by atoms with van der Waals surface area (Å²) in [5, 5.41) is 25.0. The van der Waals surface area contributed by atoms with Gasteiger partial charge in [0, 0.05) is 30.3 Å². The summed E-state index contributed by atoms with van der Waals surface area (Å²) in [4.78, 5) is 12.2. The highest BCUT2D eigenvalue weighted by molar-refractivity contribution is 7.99. The number of allylic oxidation sites excluding steroid dienone is 2. The minimum absolute atomic E-state index is 0.00102. The van der Waals surface area contributed by atoms with Crippen molar-refractivity contribution < 1.29 is 19.1 Å². The molecule has 3 heterocycles. The Morgan fingerprint density at radius 3 is 2.78 bits per heavy atom. The molecule has 8 heteroatoms. The van der Waals surface area contributed by atoms with Crippen LogP contribution in [-0.2, 0) is 9.53 Å². The van der Waals surface area contributed by atoms with Gasteiger partial charge in [0.2, 0.25) is 5.88 Å². The molecule has 0 aromatic carbocycles. The van der Waals surface area contributed by atoms with E-state index in [2.05, 4.69) is 17.2 Å². The molecule has 0 saturated carbocycles. The lowest BCUT2D eigenvalue weighted by atomic mass is 9.86. The zero-order valence-corrected chi connectivity index (χ0v) is 16.0. The number of carbonyl (C=O) groups is 1. The fourth-order valence-corrected chi connectivity index (χ4v) is 3.45. The average molecular weight is 389 g/mol. The van der Waals surface area contributed by atoms with Crippen molar-refractivity contribution in [3.8, 4) is 6.07 Å². The number of nitrogens with one attached hydrogen (secondary N) is 2. The van der Waals surface area contributed by atoms with Crippen LogP contribution in [0.2, 0.25) is 0 Å². The third kappa shape index (κ3) is 5.42. The molecule has 1 atom stereocenters. The number of aliphatic hydroxyl groups excluding tert-OH is 1. The predicted octanol–water partition coefficient (Wildman–Crippen LogP) is 2.59. The van der Waals surface area contributed by atoms with Crippen LogP contribution < -0.4 is 10.6 Å². The number of furan rings is 1. The maximum absolute atomic E-state index is 12.2. The summed E-state index contributed by atoms with van der Waals surface area (Å²) in [5.41, 5.74) is 0.629. The summed E-state index contributed by atoms with van der Waals surface area (Å²) in [7, 11) is 0. The minimum Gasteiger partial charge on any atom is -0.494 e. The molecular formula is C19H23N3O4S. The van der Waals surface area contributed by atoms with Crippen molar-refractivity contribution in [3.63, 3.8) is 0 Å². The first kappa shape index (κ1) is 20.7. The van der Waals surface area contributed by atoms with Crippen molar-refractivity contribution in [2.45, 2.75) is 12.8 Å². The van der Waals surface area contributed by atoms with Crippen molar-refractivity contribution in [2.75, 3.05) is 31.2 Å². The van der Waals surface area contributed by atoms with E-state index in [-0.39, 0.29) is 23.6 Å². The fraction of sp³-hybridized carbons (Fsp3) is 0.368. The highest BCUT2D eigenvalue weighted by Gasteiger charge is 2.37. The van der Waals surface area contributed by atoms with Crippen molar-refractivity contribution in [2.24, 2.45) is 0 Å². The van der Waals surface area contributed by atoms with E-state index in [0.717, 1.165) is 0 Å². The highest BCUT2D eigenvalue weighted by atomic mass is 32.2. The minimum atomic E-state index is -0.802. The SMILES string of the molecule is C1CSCCN1.C=CCOC(=O)C1=C(C)NC(O)=C(C#N)C1c1ccco1. The first-order chi connectivity index (χ1) is 13.1. The Balaban J connectivity index is 0.000000369. The number of ether oxygens (including phenoxy) is 1. The lowest BCUT2D eigenvalue weighted by Crippen LogP contribution is -2.29. The van der Waals surface area contributed by atoms with Gasteiger partial charge in [-0.1, -0.05) is 12.7 Å². The van der Waals surface area contributed by atoms with Gasteiger partial charge in [0.1, 0.15) is 24.0 Å². The van der Waals surface area contributed by atoms with Crippen molar-refractivity contribution >= 4 is 17.7 Å². The summed E-state index contributed by atoms with van der Waals surface area (Å²) in [6.45, 7) is 7.58. The van der Waals surface area contributed by atoms with Crippen LogP contribution in [0.5, 0.6) is 0 Å². The maximum Gasteiger partial charge on any atom is 0.337 e. The summed E-state index contributed by atoms with van der Waals surface area (Å²) >= 11 is 2.03. The molecule has 0 aliphatic carbocycles. The molecule has 0 bridgehead atoms. The van der Waals surface area contributed by atoms with Gasteiger partial charge in [0.25, 0.3) is 0 Å². The van der Waals surface area contributed by atoms with E-state index in [4.69, 9.17) is 9.15 Å². The molecule has 1 aromatic rings. The molecule has 1 saturated heterocycles. The average Bonchev–Trinajstić information content (AvgIpc) is 3.22. The molecule has 0 amide bonds. The first-order valence-corrected chi connectivity index (χ1v) is 9.66. The molecule has 0 radical (unpaired) electrons. The summed E-state index contributed by atoms with van der Waals surface area (Å²) < 4.78 is 10.3. The Labute approximate surface area is 162 Å². The van der Waals surface area contributed by atoms with Gasteiger partial charge in [-0.15, -0.1) is 0 Å². The van der Waals surface area contributed by atoms with E-state index in [1.54, 1.807) is 19.1 Å². The number of carbonyl (C=O) groups excluding carboxylic acids is 1. The Hall–Kier alpha value is -2.63. The number of thioether (sulfide) groups is 1.